The van der Waals surface area contributed by atoms with E-state index in [1.165, 1.54) is 36.1 Å². The molecule has 1 heterocycles. The predicted octanol–water partition coefficient (Wildman–Crippen LogP) is 8.31. The van der Waals surface area contributed by atoms with Gasteiger partial charge < -0.3 is 4.43 Å². The summed E-state index contributed by atoms with van der Waals surface area (Å²) in [4.78, 5) is 0. The number of rotatable bonds is 5. The molecule has 0 aliphatic heterocycles. The van der Waals surface area contributed by atoms with Crippen LogP contribution in [-0.2, 0) is 17.3 Å². The molecule has 0 saturated heterocycles. The molecule has 5 rings (SSSR count). The van der Waals surface area contributed by atoms with Gasteiger partial charge >= 0.3 is 0 Å². The molecule has 3 aliphatic rings. The maximum Gasteiger partial charge on any atom is 0.191 e. The van der Waals surface area contributed by atoms with Gasteiger partial charge in [0.05, 0.1) is 6.20 Å². The second-order valence-electron chi connectivity index (χ2n) is 14.3. The molecular weight excluding hydrogens is 456 g/mol. The summed E-state index contributed by atoms with van der Waals surface area (Å²) in [6.07, 6.45) is 10.7. The van der Waals surface area contributed by atoms with Gasteiger partial charge in [0, 0.05) is 12.3 Å². The van der Waals surface area contributed by atoms with Crippen LogP contribution in [0.15, 0.2) is 42.6 Å². The lowest BCUT2D eigenvalue weighted by Gasteiger charge is -2.56. The largest absolute Gasteiger partial charge is 0.417 e. The first-order chi connectivity index (χ1) is 16.9. The van der Waals surface area contributed by atoms with E-state index in [1.807, 2.05) is 0 Å². The number of allylic oxidation sites excluding steroid dienone is 2. The summed E-state index contributed by atoms with van der Waals surface area (Å²) in [6.45, 7) is 20.5. The maximum absolute atomic E-state index is 6.92. The fourth-order valence-corrected chi connectivity index (χ4v) is 9.01. The molecule has 3 aliphatic carbocycles. The van der Waals surface area contributed by atoms with Gasteiger partial charge in [-0.3, -0.25) is 5.10 Å². The maximum atomic E-state index is 6.92. The van der Waals surface area contributed by atoms with Crippen molar-refractivity contribution in [3.63, 3.8) is 0 Å². The average Bonchev–Trinajstić information content (AvgIpc) is 3.41. The summed E-state index contributed by atoms with van der Waals surface area (Å²) >= 11 is 0. The van der Waals surface area contributed by atoms with Crippen molar-refractivity contribution in [2.75, 3.05) is 6.61 Å². The molecule has 1 saturated carbocycles. The topological polar surface area (TPSA) is 37.9 Å². The summed E-state index contributed by atoms with van der Waals surface area (Å²) in [5.74, 6) is 2.64. The Labute approximate surface area is 220 Å². The zero-order valence-corrected chi connectivity index (χ0v) is 24.9. The summed E-state index contributed by atoms with van der Waals surface area (Å²) in [5.41, 5.74) is 6.34. The highest BCUT2D eigenvalue weighted by Crippen LogP contribution is 2.63. The molecule has 1 aromatic carbocycles. The third-order valence-electron chi connectivity index (χ3n) is 11.4. The number of aromatic amines is 1. The van der Waals surface area contributed by atoms with Gasteiger partial charge in [0.15, 0.2) is 8.32 Å². The van der Waals surface area contributed by atoms with E-state index in [2.05, 4.69) is 107 Å². The summed E-state index contributed by atoms with van der Waals surface area (Å²) in [5, 5.41) is 8.03. The Balaban J connectivity index is 1.42. The van der Waals surface area contributed by atoms with Crippen LogP contribution < -0.4 is 0 Å². The van der Waals surface area contributed by atoms with Crippen LogP contribution in [0.1, 0.15) is 77.6 Å². The van der Waals surface area contributed by atoms with E-state index >= 15 is 0 Å². The van der Waals surface area contributed by atoms with Gasteiger partial charge in [0.25, 0.3) is 0 Å². The Morgan fingerprint density at radius 2 is 1.83 bits per heavy atom. The normalized spacial score (nSPS) is 34.7. The number of aromatic nitrogens is 2. The molecule has 196 valence electrons. The van der Waals surface area contributed by atoms with Crippen molar-refractivity contribution in [3.05, 3.63) is 59.4 Å². The Bertz CT molecular complexity index is 1110. The Hall–Kier alpha value is -1.65. The van der Waals surface area contributed by atoms with E-state index in [1.54, 1.807) is 5.57 Å². The van der Waals surface area contributed by atoms with E-state index in [4.69, 9.17) is 4.43 Å². The lowest BCUT2D eigenvalue weighted by atomic mass is 9.49. The molecule has 0 unspecified atom stereocenters. The van der Waals surface area contributed by atoms with Crippen LogP contribution in [0, 0.1) is 34.5 Å². The standard InChI is InChI=1S/C32H48N2OSi/c1-22-26-14-15-28(23-12-10-9-11-13-23)31(26,5)17-16-27(22)32(6)19-24-20-33-34-29(24)18-25(32)21-35-36(7,8)30(2,3)4/h9-13,15,20,22,25-27H,14,16-19,21H2,1-8H3,(H,33,34)/t22-,25+,26-,27-,31-,32-/m0/s1. The van der Waals surface area contributed by atoms with Crippen molar-refractivity contribution in [1.82, 2.24) is 10.2 Å². The lowest BCUT2D eigenvalue weighted by molar-refractivity contribution is -0.0466. The molecule has 0 bridgehead atoms. The number of fused-ring (bicyclic) bond motifs is 2. The lowest BCUT2D eigenvalue weighted by Crippen LogP contribution is -2.52. The fourth-order valence-electron chi connectivity index (χ4n) is 7.96. The number of nitrogens with zero attached hydrogens (tertiary/aromatic N) is 1. The number of hydrogen-bond donors (Lipinski definition) is 1. The molecule has 1 N–H and O–H groups in total. The molecule has 4 heteroatoms. The van der Waals surface area contributed by atoms with Crippen molar-refractivity contribution >= 4 is 13.9 Å². The molecule has 36 heavy (non-hydrogen) atoms. The molecule has 3 nitrogen and oxygen atoms in total. The van der Waals surface area contributed by atoms with Crippen molar-refractivity contribution in [3.8, 4) is 0 Å². The minimum atomic E-state index is -1.81. The summed E-state index contributed by atoms with van der Waals surface area (Å²) < 4.78 is 6.92. The van der Waals surface area contributed by atoms with Crippen molar-refractivity contribution in [2.45, 2.75) is 91.8 Å². The first-order valence-corrected chi connectivity index (χ1v) is 17.2. The van der Waals surface area contributed by atoms with Gasteiger partial charge in [0.1, 0.15) is 0 Å². The van der Waals surface area contributed by atoms with Crippen LogP contribution in [0.3, 0.4) is 0 Å². The van der Waals surface area contributed by atoms with E-state index in [-0.39, 0.29) is 15.9 Å². The van der Waals surface area contributed by atoms with Gasteiger partial charge in [0.2, 0.25) is 0 Å². The van der Waals surface area contributed by atoms with Crippen LogP contribution in [0.2, 0.25) is 18.1 Å². The van der Waals surface area contributed by atoms with Gasteiger partial charge in [-0.2, -0.15) is 5.10 Å². The second kappa shape index (κ2) is 8.98. The molecule has 0 amide bonds. The zero-order chi connectivity index (χ0) is 25.9. The van der Waals surface area contributed by atoms with Gasteiger partial charge in [-0.25, -0.2) is 0 Å². The van der Waals surface area contributed by atoms with Crippen LogP contribution in [0.5, 0.6) is 0 Å². The number of nitrogens with one attached hydrogen (secondary N) is 1. The zero-order valence-electron chi connectivity index (χ0n) is 23.9. The molecule has 2 aromatic rings. The third-order valence-corrected chi connectivity index (χ3v) is 15.9. The monoisotopic (exact) mass is 504 g/mol. The molecule has 1 aromatic heterocycles. The van der Waals surface area contributed by atoms with Gasteiger partial charge in [-0.05, 0) is 101 Å². The van der Waals surface area contributed by atoms with Crippen molar-refractivity contribution in [1.29, 1.82) is 0 Å². The highest BCUT2D eigenvalue weighted by molar-refractivity contribution is 6.74. The van der Waals surface area contributed by atoms with Crippen molar-refractivity contribution in [2.24, 2.45) is 34.5 Å². The number of hydrogen-bond acceptors (Lipinski definition) is 2. The van der Waals surface area contributed by atoms with Crippen LogP contribution >= 0.6 is 0 Å². The van der Waals surface area contributed by atoms with E-state index in [0.29, 0.717) is 17.8 Å². The van der Waals surface area contributed by atoms with E-state index < -0.39 is 8.32 Å². The average molecular weight is 505 g/mol. The third kappa shape index (κ3) is 4.17. The van der Waals surface area contributed by atoms with Crippen LogP contribution in [0.25, 0.3) is 5.57 Å². The second-order valence-corrected chi connectivity index (χ2v) is 19.1. The highest BCUT2D eigenvalue weighted by Gasteiger charge is 2.56. The summed E-state index contributed by atoms with van der Waals surface area (Å²) in [7, 11) is -1.81. The van der Waals surface area contributed by atoms with Crippen LogP contribution in [0.4, 0.5) is 0 Å². The van der Waals surface area contributed by atoms with Gasteiger partial charge in [-0.1, -0.05) is 78.0 Å². The quantitative estimate of drug-likeness (QED) is 0.416. The fraction of sp³-hybridized carbons (Fsp3) is 0.656. The Morgan fingerprint density at radius 3 is 2.53 bits per heavy atom. The minimum Gasteiger partial charge on any atom is -0.417 e. The molecule has 1 fully saturated rings. The molecular formula is C32H48N2OSi. The molecule has 0 spiro atoms. The van der Waals surface area contributed by atoms with E-state index in [9.17, 15) is 0 Å². The first kappa shape index (κ1) is 26.0. The first-order valence-electron chi connectivity index (χ1n) is 14.3. The van der Waals surface area contributed by atoms with E-state index in [0.717, 1.165) is 25.4 Å². The highest BCUT2D eigenvalue weighted by atomic mass is 28.4. The molecule has 0 radical (unpaired) electrons. The number of H-pyrrole nitrogens is 1. The van der Waals surface area contributed by atoms with Crippen molar-refractivity contribution < 1.29 is 4.43 Å². The predicted molar refractivity (Wildman–Crippen MR) is 153 cm³/mol. The van der Waals surface area contributed by atoms with Crippen LogP contribution in [-0.4, -0.2) is 25.1 Å². The number of benzene rings is 1. The van der Waals surface area contributed by atoms with Gasteiger partial charge in [-0.15, -0.1) is 0 Å². The SMILES string of the molecule is C[C@@H]1[C@@H]([C@@]2(C)Cc3cn[nH]c3C[C@@H]2CO[Si](C)(C)C(C)(C)C)CC[C@]2(C)C(c3ccccc3)=CC[C@@H]12. The summed E-state index contributed by atoms with van der Waals surface area (Å²) in [6, 6.07) is 11.2. The Kier molecular flexibility index (Phi) is 6.48. The smallest absolute Gasteiger partial charge is 0.191 e. The minimum absolute atomic E-state index is 0.232. The molecule has 6 atom stereocenters. The Morgan fingerprint density at radius 1 is 1.11 bits per heavy atom.